The van der Waals surface area contributed by atoms with Gasteiger partial charge >= 0.3 is 0 Å². The van der Waals surface area contributed by atoms with Gasteiger partial charge in [-0.3, -0.25) is 0 Å². The lowest BCUT2D eigenvalue weighted by Gasteiger charge is -2.13. The average molecular weight is 205 g/mol. The topological polar surface area (TPSA) is 21.3 Å². The summed E-state index contributed by atoms with van der Waals surface area (Å²) in [5, 5.41) is 3.62. The first kappa shape index (κ1) is 10.7. The molecule has 1 fully saturated rings. The number of ether oxygens (including phenoxy) is 1. The summed E-state index contributed by atoms with van der Waals surface area (Å²) in [5.41, 5.74) is 1.42. The molecule has 15 heavy (non-hydrogen) atoms. The van der Waals surface area contributed by atoms with Crippen LogP contribution in [0.15, 0.2) is 30.3 Å². The molecule has 0 amide bonds. The molecular formula is C13H19NO. The van der Waals surface area contributed by atoms with Gasteiger partial charge < -0.3 is 10.1 Å². The number of benzene rings is 1. The predicted octanol–water partition coefficient (Wildman–Crippen LogP) is 2.00. The minimum atomic E-state index is 0.559. The van der Waals surface area contributed by atoms with Crippen LogP contribution in [-0.2, 0) is 11.2 Å². The zero-order chi connectivity index (χ0) is 10.5. The van der Waals surface area contributed by atoms with Crippen LogP contribution < -0.4 is 5.32 Å². The zero-order valence-electron chi connectivity index (χ0n) is 9.28. The lowest BCUT2D eigenvalue weighted by Crippen LogP contribution is -2.33. The Hall–Kier alpha value is -0.860. The lowest BCUT2D eigenvalue weighted by molar-refractivity contribution is 0.171. The van der Waals surface area contributed by atoms with Crippen molar-refractivity contribution in [3.05, 3.63) is 35.9 Å². The van der Waals surface area contributed by atoms with E-state index in [0.717, 1.165) is 13.0 Å². The number of hydrogen-bond acceptors (Lipinski definition) is 2. The molecule has 82 valence electrons. The molecule has 1 saturated heterocycles. The number of rotatable bonds is 4. The van der Waals surface area contributed by atoms with E-state index in [1.54, 1.807) is 7.11 Å². The van der Waals surface area contributed by atoms with E-state index < -0.39 is 0 Å². The quantitative estimate of drug-likeness (QED) is 0.811. The third-order valence-electron chi connectivity index (χ3n) is 3.03. The molecule has 2 nitrogen and oxygen atoms in total. The SMILES string of the molecule is COCC1CCC(Cc2ccccc2)N1. The van der Waals surface area contributed by atoms with Gasteiger partial charge in [-0.25, -0.2) is 0 Å². The predicted molar refractivity (Wildman–Crippen MR) is 62.0 cm³/mol. The summed E-state index contributed by atoms with van der Waals surface area (Å²) < 4.78 is 5.16. The maximum absolute atomic E-state index is 5.16. The van der Waals surface area contributed by atoms with Gasteiger partial charge in [0, 0.05) is 19.2 Å². The monoisotopic (exact) mass is 205 g/mol. The second-order valence-corrected chi connectivity index (χ2v) is 4.28. The summed E-state index contributed by atoms with van der Waals surface area (Å²) in [6.07, 6.45) is 3.65. The third-order valence-corrected chi connectivity index (χ3v) is 3.03. The molecule has 1 heterocycles. The molecule has 1 aromatic carbocycles. The van der Waals surface area contributed by atoms with Crippen molar-refractivity contribution in [2.45, 2.75) is 31.3 Å². The second kappa shape index (κ2) is 5.29. The van der Waals surface area contributed by atoms with Crippen molar-refractivity contribution in [1.29, 1.82) is 0 Å². The van der Waals surface area contributed by atoms with Gasteiger partial charge in [0.25, 0.3) is 0 Å². The number of hydrogen-bond donors (Lipinski definition) is 1. The van der Waals surface area contributed by atoms with Gasteiger partial charge in [0.2, 0.25) is 0 Å². The molecule has 0 aliphatic carbocycles. The fourth-order valence-corrected chi connectivity index (χ4v) is 2.29. The number of nitrogens with one attached hydrogen (secondary N) is 1. The van der Waals surface area contributed by atoms with E-state index in [1.165, 1.54) is 18.4 Å². The van der Waals surface area contributed by atoms with Gasteiger partial charge in [-0.05, 0) is 24.8 Å². The second-order valence-electron chi connectivity index (χ2n) is 4.28. The van der Waals surface area contributed by atoms with E-state index in [0.29, 0.717) is 12.1 Å². The Labute approximate surface area is 91.6 Å². The van der Waals surface area contributed by atoms with Crippen LogP contribution in [0.2, 0.25) is 0 Å². The van der Waals surface area contributed by atoms with Crippen molar-refractivity contribution in [1.82, 2.24) is 5.32 Å². The molecule has 2 heteroatoms. The first-order chi connectivity index (χ1) is 7.38. The van der Waals surface area contributed by atoms with Crippen molar-refractivity contribution in [2.75, 3.05) is 13.7 Å². The summed E-state index contributed by atoms with van der Waals surface area (Å²) in [6.45, 7) is 0.839. The van der Waals surface area contributed by atoms with Crippen molar-refractivity contribution in [3.63, 3.8) is 0 Å². The van der Waals surface area contributed by atoms with Crippen LogP contribution in [0.25, 0.3) is 0 Å². The van der Waals surface area contributed by atoms with Crippen LogP contribution in [0, 0.1) is 0 Å². The van der Waals surface area contributed by atoms with Crippen molar-refractivity contribution in [3.8, 4) is 0 Å². The standard InChI is InChI=1S/C13H19NO/c1-15-10-13-8-7-12(14-13)9-11-5-3-2-4-6-11/h2-6,12-14H,7-10H2,1H3. The van der Waals surface area contributed by atoms with Crippen LogP contribution in [0.5, 0.6) is 0 Å². The highest BCUT2D eigenvalue weighted by molar-refractivity contribution is 5.16. The smallest absolute Gasteiger partial charge is 0.0615 e. The first-order valence-electron chi connectivity index (χ1n) is 5.67. The minimum absolute atomic E-state index is 0.559. The van der Waals surface area contributed by atoms with E-state index in [4.69, 9.17) is 4.74 Å². The van der Waals surface area contributed by atoms with Gasteiger partial charge in [0.1, 0.15) is 0 Å². The summed E-state index contributed by atoms with van der Waals surface area (Å²) in [5.74, 6) is 0. The molecule has 1 aliphatic rings. The number of methoxy groups -OCH3 is 1. The van der Waals surface area contributed by atoms with Gasteiger partial charge in [0.05, 0.1) is 6.61 Å². The Bertz CT molecular complexity index is 286. The molecule has 0 aromatic heterocycles. The lowest BCUT2D eigenvalue weighted by atomic mass is 10.0. The van der Waals surface area contributed by atoms with Crippen LogP contribution in [0.1, 0.15) is 18.4 Å². The summed E-state index contributed by atoms with van der Waals surface area (Å²) >= 11 is 0. The highest BCUT2D eigenvalue weighted by Gasteiger charge is 2.23. The Morgan fingerprint density at radius 3 is 2.67 bits per heavy atom. The van der Waals surface area contributed by atoms with Crippen molar-refractivity contribution < 1.29 is 4.74 Å². The highest BCUT2D eigenvalue weighted by atomic mass is 16.5. The van der Waals surface area contributed by atoms with Crippen molar-refractivity contribution >= 4 is 0 Å². The van der Waals surface area contributed by atoms with Gasteiger partial charge in [-0.1, -0.05) is 30.3 Å². The maximum Gasteiger partial charge on any atom is 0.0615 e. The van der Waals surface area contributed by atoms with Gasteiger partial charge in [-0.2, -0.15) is 0 Å². The van der Waals surface area contributed by atoms with Crippen LogP contribution in [-0.4, -0.2) is 25.8 Å². The minimum Gasteiger partial charge on any atom is -0.383 e. The van der Waals surface area contributed by atoms with E-state index >= 15 is 0 Å². The van der Waals surface area contributed by atoms with Crippen LogP contribution >= 0.6 is 0 Å². The summed E-state index contributed by atoms with van der Waals surface area (Å²) in [7, 11) is 1.77. The Kier molecular flexibility index (Phi) is 3.75. The highest BCUT2D eigenvalue weighted by Crippen LogP contribution is 2.16. The largest absolute Gasteiger partial charge is 0.383 e. The molecule has 0 radical (unpaired) electrons. The molecule has 1 aromatic rings. The maximum atomic E-state index is 5.16. The van der Waals surface area contributed by atoms with Crippen LogP contribution in [0.4, 0.5) is 0 Å². The Balaban J connectivity index is 1.82. The van der Waals surface area contributed by atoms with Gasteiger partial charge in [0.15, 0.2) is 0 Å². The van der Waals surface area contributed by atoms with E-state index in [-0.39, 0.29) is 0 Å². The normalized spacial score (nSPS) is 25.7. The van der Waals surface area contributed by atoms with Crippen molar-refractivity contribution in [2.24, 2.45) is 0 Å². The summed E-state index contributed by atoms with van der Waals surface area (Å²) in [4.78, 5) is 0. The first-order valence-corrected chi connectivity index (χ1v) is 5.67. The fraction of sp³-hybridized carbons (Fsp3) is 0.538. The molecule has 1 aliphatic heterocycles. The van der Waals surface area contributed by atoms with Crippen LogP contribution in [0.3, 0.4) is 0 Å². The van der Waals surface area contributed by atoms with E-state index in [2.05, 4.69) is 35.6 Å². The third kappa shape index (κ3) is 3.05. The molecule has 2 rings (SSSR count). The Morgan fingerprint density at radius 1 is 1.20 bits per heavy atom. The molecule has 0 bridgehead atoms. The fourth-order valence-electron chi connectivity index (χ4n) is 2.29. The molecule has 1 N–H and O–H groups in total. The molecule has 2 unspecified atom stereocenters. The zero-order valence-corrected chi connectivity index (χ0v) is 9.28. The molecule has 2 atom stereocenters. The molecular weight excluding hydrogens is 186 g/mol. The summed E-state index contributed by atoms with van der Waals surface area (Å²) in [6, 6.07) is 11.9. The molecule has 0 saturated carbocycles. The molecule has 0 spiro atoms. The average Bonchev–Trinajstić information content (AvgIpc) is 2.68. The Morgan fingerprint density at radius 2 is 1.93 bits per heavy atom. The van der Waals surface area contributed by atoms with E-state index in [1.807, 2.05) is 0 Å². The van der Waals surface area contributed by atoms with Gasteiger partial charge in [-0.15, -0.1) is 0 Å². The van der Waals surface area contributed by atoms with E-state index in [9.17, 15) is 0 Å².